The molecule has 0 atom stereocenters. The molecule has 3 nitrogen and oxygen atoms in total. The molecule has 0 aliphatic heterocycles. The minimum atomic E-state index is -4.67. The van der Waals surface area contributed by atoms with Crippen molar-refractivity contribution in [2.75, 3.05) is 18.0 Å². The zero-order chi connectivity index (χ0) is 15.6. The van der Waals surface area contributed by atoms with Crippen LogP contribution in [0.4, 0.5) is 32.0 Å². The summed E-state index contributed by atoms with van der Waals surface area (Å²) < 4.78 is 73.8. The maximum absolute atomic E-state index is 12.3. The van der Waals surface area contributed by atoms with Gasteiger partial charge in [0.05, 0.1) is 5.56 Å². The van der Waals surface area contributed by atoms with Crippen molar-refractivity contribution in [2.24, 2.45) is 0 Å². The molecule has 1 aromatic carbocycles. The molecule has 0 bridgehead atoms. The lowest BCUT2D eigenvalue weighted by atomic mass is 10.2. The number of carboxylic acids is 1. The Morgan fingerprint density at radius 1 is 1.05 bits per heavy atom. The molecule has 0 saturated heterocycles. The fraction of sp³-hybridized carbons (Fsp3) is 0.364. The third-order valence-electron chi connectivity index (χ3n) is 2.26. The highest BCUT2D eigenvalue weighted by molar-refractivity contribution is 5.73. The molecule has 0 aliphatic rings. The predicted molar refractivity (Wildman–Crippen MR) is 57.3 cm³/mol. The Labute approximate surface area is 109 Å². The van der Waals surface area contributed by atoms with Crippen LogP contribution in [0.25, 0.3) is 0 Å². The van der Waals surface area contributed by atoms with Crippen LogP contribution in [-0.4, -0.2) is 30.3 Å². The summed E-state index contributed by atoms with van der Waals surface area (Å²) in [6, 6.07) is 2.80. The van der Waals surface area contributed by atoms with Gasteiger partial charge in [-0.05, 0) is 24.3 Å². The maximum Gasteiger partial charge on any atom is 0.416 e. The van der Waals surface area contributed by atoms with E-state index in [9.17, 15) is 31.1 Å². The monoisotopic (exact) mass is 301 g/mol. The normalized spacial score (nSPS) is 12.3. The highest BCUT2D eigenvalue weighted by Gasteiger charge is 2.33. The number of hydrogen-bond donors (Lipinski definition) is 1. The first-order valence-electron chi connectivity index (χ1n) is 5.20. The largest absolute Gasteiger partial charge is 0.480 e. The highest BCUT2D eigenvalue weighted by atomic mass is 19.4. The third-order valence-corrected chi connectivity index (χ3v) is 2.26. The first kappa shape index (κ1) is 16.1. The highest BCUT2D eigenvalue weighted by Crippen LogP contribution is 2.31. The lowest BCUT2D eigenvalue weighted by molar-refractivity contribution is -0.138. The molecule has 0 unspecified atom stereocenters. The standard InChI is InChI=1S/C11H9F6NO2/c12-10(13,14)6-18(5-9(19)20)8-3-1-7(2-4-8)11(15,16)17/h1-4H,5-6H2,(H,19,20). The molecule has 0 aliphatic carbocycles. The molecule has 112 valence electrons. The number of benzene rings is 1. The Balaban J connectivity index is 2.99. The van der Waals surface area contributed by atoms with E-state index in [0.29, 0.717) is 17.0 Å². The molecular weight excluding hydrogens is 292 g/mol. The minimum Gasteiger partial charge on any atom is -0.480 e. The van der Waals surface area contributed by atoms with Gasteiger partial charge in [-0.3, -0.25) is 4.79 Å². The van der Waals surface area contributed by atoms with Gasteiger partial charge in [0, 0.05) is 5.69 Å². The summed E-state index contributed by atoms with van der Waals surface area (Å²) in [4.78, 5) is 10.9. The Morgan fingerprint density at radius 2 is 1.55 bits per heavy atom. The number of alkyl halides is 6. The van der Waals surface area contributed by atoms with Crippen LogP contribution in [0, 0.1) is 0 Å². The molecular formula is C11H9F6NO2. The first-order valence-corrected chi connectivity index (χ1v) is 5.20. The molecule has 0 heterocycles. The van der Waals surface area contributed by atoms with Crippen molar-refractivity contribution in [3.63, 3.8) is 0 Å². The summed E-state index contributed by atoms with van der Waals surface area (Å²) in [6.45, 7) is -2.53. The van der Waals surface area contributed by atoms with Crippen molar-refractivity contribution in [1.82, 2.24) is 0 Å². The zero-order valence-corrected chi connectivity index (χ0v) is 9.79. The van der Waals surface area contributed by atoms with Gasteiger partial charge in [0.1, 0.15) is 13.1 Å². The van der Waals surface area contributed by atoms with E-state index in [-0.39, 0.29) is 5.69 Å². The molecule has 0 amide bonds. The van der Waals surface area contributed by atoms with Crippen molar-refractivity contribution in [3.05, 3.63) is 29.8 Å². The van der Waals surface area contributed by atoms with E-state index >= 15 is 0 Å². The molecule has 0 radical (unpaired) electrons. The van der Waals surface area contributed by atoms with Gasteiger partial charge in [-0.15, -0.1) is 0 Å². The van der Waals surface area contributed by atoms with E-state index in [1.54, 1.807) is 0 Å². The summed E-state index contributed by atoms with van der Waals surface area (Å²) in [7, 11) is 0. The van der Waals surface area contributed by atoms with Gasteiger partial charge < -0.3 is 10.0 Å². The number of hydrogen-bond acceptors (Lipinski definition) is 2. The van der Waals surface area contributed by atoms with Gasteiger partial charge in [-0.1, -0.05) is 0 Å². The maximum atomic E-state index is 12.3. The number of anilines is 1. The van der Waals surface area contributed by atoms with Gasteiger partial charge in [-0.2, -0.15) is 26.3 Å². The van der Waals surface area contributed by atoms with Crippen LogP contribution in [0.2, 0.25) is 0 Å². The number of aliphatic carboxylic acids is 1. The van der Waals surface area contributed by atoms with Crippen molar-refractivity contribution in [1.29, 1.82) is 0 Å². The van der Waals surface area contributed by atoms with Crippen LogP contribution in [0.15, 0.2) is 24.3 Å². The Kier molecular flexibility index (Phi) is 4.51. The molecule has 0 aromatic heterocycles. The first-order chi connectivity index (χ1) is 8.99. The molecule has 0 spiro atoms. The number of halogens is 6. The van der Waals surface area contributed by atoms with E-state index in [1.807, 2.05) is 0 Å². The van der Waals surface area contributed by atoms with Crippen molar-refractivity contribution in [2.45, 2.75) is 12.4 Å². The SMILES string of the molecule is O=C(O)CN(CC(F)(F)F)c1ccc(C(F)(F)F)cc1. The fourth-order valence-corrected chi connectivity index (χ4v) is 1.48. The molecule has 0 saturated carbocycles. The van der Waals surface area contributed by atoms with Gasteiger partial charge >= 0.3 is 18.3 Å². The number of rotatable bonds is 4. The van der Waals surface area contributed by atoms with Crippen molar-refractivity contribution < 1.29 is 36.2 Å². The van der Waals surface area contributed by atoms with Crippen LogP contribution in [0.3, 0.4) is 0 Å². The summed E-state index contributed by atoms with van der Waals surface area (Å²) in [5.74, 6) is -1.52. The number of nitrogens with zero attached hydrogens (tertiary/aromatic N) is 1. The average molecular weight is 301 g/mol. The van der Waals surface area contributed by atoms with Gasteiger partial charge in [0.2, 0.25) is 0 Å². The summed E-state index contributed by atoms with van der Waals surface area (Å²) >= 11 is 0. The second-order valence-electron chi connectivity index (χ2n) is 3.91. The summed E-state index contributed by atoms with van der Waals surface area (Å²) in [5, 5.41) is 8.54. The second-order valence-corrected chi connectivity index (χ2v) is 3.91. The smallest absolute Gasteiger partial charge is 0.416 e. The van der Waals surface area contributed by atoms with Crippen molar-refractivity contribution >= 4 is 11.7 Å². The van der Waals surface area contributed by atoms with Crippen LogP contribution >= 0.6 is 0 Å². The zero-order valence-electron chi connectivity index (χ0n) is 9.79. The fourth-order valence-electron chi connectivity index (χ4n) is 1.48. The number of carbonyl (C=O) groups is 1. The van der Waals surface area contributed by atoms with E-state index in [4.69, 9.17) is 5.11 Å². The molecule has 0 fully saturated rings. The van der Waals surface area contributed by atoms with Gasteiger partial charge in [0.15, 0.2) is 0 Å². The quantitative estimate of drug-likeness (QED) is 0.869. The van der Waals surface area contributed by atoms with Crippen LogP contribution in [-0.2, 0) is 11.0 Å². The van der Waals surface area contributed by atoms with E-state index in [0.717, 1.165) is 12.1 Å². The summed E-state index contributed by atoms with van der Waals surface area (Å²) in [5.41, 5.74) is -1.28. The van der Waals surface area contributed by atoms with E-state index < -0.39 is 37.0 Å². The van der Waals surface area contributed by atoms with Gasteiger partial charge in [0.25, 0.3) is 0 Å². The van der Waals surface area contributed by atoms with Crippen LogP contribution in [0.5, 0.6) is 0 Å². The minimum absolute atomic E-state index is 0.252. The predicted octanol–water partition coefficient (Wildman–Crippen LogP) is 3.16. The van der Waals surface area contributed by atoms with Gasteiger partial charge in [-0.25, -0.2) is 0 Å². The van der Waals surface area contributed by atoms with Crippen LogP contribution in [0.1, 0.15) is 5.56 Å². The molecule has 1 rings (SSSR count). The lowest BCUT2D eigenvalue weighted by Crippen LogP contribution is -2.37. The second kappa shape index (κ2) is 5.59. The van der Waals surface area contributed by atoms with Crippen molar-refractivity contribution in [3.8, 4) is 0 Å². The Bertz CT molecular complexity index is 465. The molecule has 20 heavy (non-hydrogen) atoms. The average Bonchev–Trinajstić information content (AvgIpc) is 2.24. The van der Waals surface area contributed by atoms with E-state index in [2.05, 4.69) is 0 Å². The molecule has 1 N–H and O–H groups in total. The summed E-state index contributed by atoms with van der Waals surface area (Å²) in [6.07, 6.45) is -9.28. The Morgan fingerprint density at radius 3 is 1.90 bits per heavy atom. The third kappa shape index (κ3) is 4.98. The molecule has 9 heteroatoms. The molecule has 1 aromatic rings. The Hall–Kier alpha value is -1.93. The lowest BCUT2D eigenvalue weighted by Gasteiger charge is -2.24. The van der Waals surface area contributed by atoms with E-state index in [1.165, 1.54) is 0 Å². The number of carboxylic acid groups (broad SMARTS) is 1. The van der Waals surface area contributed by atoms with Crippen LogP contribution < -0.4 is 4.90 Å². The topological polar surface area (TPSA) is 40.5 Å².